The first-order valence-electron chi connectivity index (χ1n) is 4.44. The van der Waals surface area contributed by atoms with Crippen molar-refractivity contribution in [2.75, 3.05) is 0 Å². The summed E-state index contributed by atoms with van der Waals surface area (Å²) in [6, 6.07) is 0. The number of aliphatic carboxylic acids is 1. The number of halogens is 5. The molecule has 1 heterocycles. The van der Waals surface area contributed by atoms with E-state index in [1.807, 2.05) is 0 Å². The van der Waals surface area contributed by atoms with Gasteiger partial charge in [0, 0.05) is 5.56 Å². The summed E-state index contributed by atoms with van der Waals surface area (Å²) in [6.07, 6.45) is -5.34. The monoisotopic (exact) mass is 287 g/mol. The zero-order valence-corrected chi connectivity index (χ0v) is 9.35. The van der Waals surface area contributed by atoms with Crippen LogP contribution in [-0.4, -0.2) is 22.4 Å². The lowest BCUT2D eigenvalue weighted by atomic mass is 10.1. The number of hydrogen-bond donors (Lipinski definition) is 1. The van der Waals surface area contributed by atoms with Gasteiger partial charge >= 0.3 is 12.3 Å². The van der Waals surface area contributed by atoms with Crippen molar-refractivity contribution < 1.29 is 32.2 Å². The molecule has 100 valence electrons. The molecule has 0 bridgehead atoms. The Bertz CT molecular complexity index is 464. The molecule has 0 unspecified atom stereocenters. The zero-order valence-electron chi connectivity index (χ0n) is 8.59. The Morgan fingerprint density at radius 2 is 2.11 bits per heavy atom. The van der Waals surface area contributed by atoms with E-state index in [0.717, 1.165) is 0 Å². The first kappa shape index (κ1) is 14.5. The van der Waals surface area contributed by atoms with Gasteiger partial charge in [0.1, 0.15) is 0 Å². The van der Waals surface area contributed by atoms with Crippen molar-refractivity contribution in [2.45, 2.75) is 18.7 Å². The molecule has 0 fully saturated rings. The van der Waals surface area contributed by atoms with Crippen LogP contribution in [0, 0.1) is 5.82 Å². The fraction of sp³-hybridized carbons (Fsp3) is 0.333. The van der Waals surface area contributed by atoms with Crippen molar-refractivity contribution in [2.24, 2.45) is 0 Å². The van der Waals surface area contributed by atoms with Gasteiger partial charge in [-0.2, -0.15) is 0 Å². The van der Waals surface area contributed by atoms with E-state index in [2.05, 4.69) is 9.72 Å². The van der Waals surface area contributed by atoms with Crippen LogP contribution in [0.15, 0.2) is 6.20 Å². The molecule has 1 aromatic heterocycles. The van der Waals surface area contributed by atoms with Crippen molar-refractivity contribution in [3.05, 3.63) is 23.3 Å². The molecule has 4 nitrogen and oxygen atoms in total. The highest BCUT2D eigenvalue weighted by molar-refractivity contribution is 6.17. The molecule has 0 spiro atoms. The predicted molar refractivity (Wildman–Crippen MR) is 51.8 cm³/mol. The molecular formula is C9H6ClF4NO3. The summed E-state index contributed by atoms with van der Waals surface area (Å²) >= 11 is 5.37. The number of alkyl halides is 4. The lowest BCUT2D eigenvalue weighted by Gasteiger charge is -2.14. The molecule has 1 rings (SSSR count). The number of rotatable bonds is 4. The molecule has 9 heteroatoms. The quantitative estimate of drug-likeness (QED) is 0.683. The number of carbonyl (C=O) groups is 1. The minimum Gasteiger partial charge on any atom is -0.481 e. The fourth-order valence-electron chi connectivity index (χ4n) is 1.21. The molecule has 1 aromatic rings. The average molecular weight is 288 g/mol. The van der Waals surface area contributed by atoms with Gasteiger partial charge in [-0.05, 0) is 0 Å². The number of nitrogens with zero attached hydrogens (tertiary/aromatic N) is 1. The van der Waals surface area contributed by atoms with Crippen LogP contribution in [0.5, 0.6) is 5.75 Å². The smallest absolute Gasteiger partial charge is 0.481 e. The second kappa shape index (κ2) is 5.38. The highest BCUT2D eigenvalue weighted by atomic mass is 35.5. The number of carboxylic acids is 1. The first-order valence-corrected chi connectivity index (χ1v) is 4.97. The largest absolute Gasteiger partial charge is 0.573 e. The standard InChI is InChI=1S/C9H6ClF4NO3/c10-2-4-6(1-7(16)17)15-3-5(11)8(4)18-9(12,13)14/h3H,1-2H2,(H,16,17). The Morgan fingerprint density at radius 3 is 2.56 bits per heavy atom. The number of hydrogen-bond acceptors (Lipinski definition) is 3. The van der Waals surface area contributed by atoms with Gasteiger partial charge in [-0.15, -0.1) is 24.8 Å². The third kappa shape index (κ3) is 3.73. The van der Waals surface area contributed by atoms with Gasteiger partial charge in [-0.3, -0.25) is 9.78 Å². The van der Waals surface area contributed by atoms with Crippen molar-refractivity contribution in [3.8, 4) is 5.75 Å². The highest BCUT2D eigenvalue weighted by Crippen LogP contribution is 2.31. The average Bonchev–Trinajstić information content (AvgIpc) is 2.20. The van der Waals surface area contributed by atoms with Gasteiger partial charge in [-0.1, -0.05) is 0 Å². The molecule has 0 aliphatic carbocycles. The first-order chi connectivity index (χ1) is 8.24. The molecule has 1 N–H and O–H groups in total. The summed E-state index contributed by atoms with van der Waals surface area (Å²) in [4.78, 5) is 13.9. The lowest BCUT2D eigenvalue weighted by molar-refractivity contribution is -0.275. The summed E-state index contributed by atoms with van der Waals surface area (Å²) in [7, 11) is 0. The SMILES string of the molecule is O=C(O)Cc1ncc(F)c(OC(F)(F)F)c1CCl. The van der Waals surface area contributed by atoms with E-state index in [-0.39, 0.29) is 5.69 Å². The Morgan fingerprint density at radius 1 is 1.50 bits per heavy atom. The molecule has 0 saturated heterocycles. The number of pyridine rings is 1. The maximum Gasteiger partial charge on any atom is 0.573 e. The Balaban J connectivity index is 3.25. The molecule has 0 aliphatic rings. The topological polar surface area (TPSA) is 59.4 Å². The zero-order chi connectivity index (χ0) is 13.9. The van der Waals surface area contributed by atoms with Crippen LogP contribution < -0.4 is 4.74 Å². The molecular weight excluding hydrogens is 282 g/mol. The van der Waals surface area contributed by atoms with Crippen molar-refractivity contribution in [1.29, 1.82) is 0 Å². The number of ether oxygens (including phenoxy) is 1. The van der Waals surface area contributed by atoms with Gasteiger partial charge in [0.15, 0.2) is 11.6 Å². The normalized spacial score (nSPS) is 11.4. The number of aromatic nitrogens is 1. The summed E-state index contributed by atoms with van der Waals surface area (Å²) < 4.78 is 52.9. The van der Waals surface area contributed by atoms with Crippen LogP contribution in [0.25, 0.3) is 0 Å². The van der Waals surface area contributed by atoms with Crippen LogP contribution in [0.2, 0.25) is 0 Å². The maximum atomic E-state index is 13.2. The summed E-state index contributed by atoms with van der Waals surface area (Å²) in [6.45, 7) is 0. The summed E-state index contributed by atoms with van der Waals surface area (Å²) in [5.41, 5.74) is -0.713. The van der Waals surface area contributed by atoms with E-state index in [9.17, 15) is 22.4 Å². The predicted octanol–water partition coefficient (Wildman–Crippen LogP) is 2.49. The van der Waals surface area contributed by atoms with E-state index >= 15 is 0 Å². The van der Waals surface area contributed by atoms with Gasteiger partial charge in [-0.25, -0.2) is 4.39 Å². The minimum atomic E-state index is -5.11. The van der Waals surface area contributed by atoms with Gasteiger partial charge in [0.05, 0.1) is 24.2 Å². The third-order valence-corrected chi connectivity index (χ3v) is 2.11. The summed E-state index contributed by atoms with van der Waals surface area (Å²) in [5.74, 6) is -4.40. The van der Waals surface area contributed by atoms with Crippen molar-refractivity contribution >= 4 is 17.6 Å². The number of carboxylic acid groups (broad SMARTS) is 1. The maximum absolute atomic E-state index is 13.2. The molecule has 0 amide bonds. The molecule has 0 atom stereocenters. The van der Waals surface area contributed by atoms with Gasteiger partial charge in [0.25, 0.3) is 0 Å². The second-order valence-electron chi connectivity index (χ2n) is 3.11. The minimum absolute atomic E-state index is 0.279. The van der Waals surface area contributed by atoms with Crippen molar-refractivity contribution in [1.82, 2.24) is 4.98 Å². The van der Waals surface area contributed by atoms with Crippen molar-refractivity contribution in [3.63, 3.8) is 0 Å². The highest BCUT2D eigenvalue weighted by Gasteiger charge is 2.34. The Labute approximate surface area is 103 Å². The molecule has 0 radical (unpaired) electrons. The summed E-state index contributed by atoms with van der Waals surface area (Å²) in [5, 5.41) is 8.54. The fourth-order valence-corrected chi connectivity index (χ4v) is 1.48. The van der Waals surface area contributed by atoms with E-state index < -0.39 is 41.8 Å². The molecule has 18 heavy (non-hydrogen) atoms. The Kier molecular flexibility index (Phi) is 4.33. The second-order valence-corrected chi connectivity index (χ2v) is 3.38. The van der Waals surface area contributed by atoms with E-state index in [1.165, 1.54) is 0 Å². The van der Waals surface area contributed by atoms with E-state index in [4.69, 9.17) is 16.7 Å². The van der Waals surface area contributed by atoms with E-state index in [0.29, 0.717) is 6.20 Å². The van der Waals surface area contributed by atoms with Crippen LogP contribution in [-0.2, 0) is 17.1 Å². The third-order valence-electron chi connectivity index (χ3n) is 1.84. The van der Waals surface area contributed by atoms with Crippen LogP contribution >= 0.6 is 11.6 Å². The molecule has 0 saturated carbocycles. The lowest BCUT2D eigenvalue weighted by Crippen LogP contribution is -2.20. The van der Waals surface area contributed by atoms with E-state index in [1.54, 1.807) is 0 Å². The van der Waals surface area contributed by atoms with Gasteiger partial charge in [0.2, 0.25) is 0 Å². The molecule has 0 aromatic carbocycles. The van der Waals surface area contributed by atoms with Crippen LogP contribution in [0.1, 0.15) is 11.3 Å². The molecule has 0 aliphatic heterocycles. The van der Waals surface area contributed by atoms with Gasteiger partial charge < -0.3 is 9.84 Å². The van der Waals surface area contributed by atoms with Crippen LogP contribution in [0.4, 0.5) is 17.6 Å². The van der Waals surface area contributed by atoms with Crippen LogP contribution in [0.3, 0.4) is 0 Å². The Hall–Kier alpha value is -1.57.